The second-order valence-electron chi connectivity index (χ2n) is 3.15. The summed E-state index contributed by atoms with van der Waals surface area (Å²) in [6.45, 7) is 0. The molecule has 0 spiro atoms. The molecule has 3 rings (SSSR count). The summed E-state index contributed by atoms with van der Waals surface area (Å²) < 4.78 is 0. The number of hydrogen-bond donors (Lipinski definition) is 0. The van der Waals surface area contributed by atoms with Crippen molar-refractivity contribution in [3.8, 4) is 11.1 Å². The molecule has 0 saturated carbocycles. The van der Waals surface area contributed by atoms with Gasteiger partial charge in [0.25, 0.3) is 0 Å². The molecule has 0 aliphatic heterocycles. The summed E-state index contributed by atoms with van der Waals surface area (Å²) in [6, 6.07) is 8.05. The summed E-state index contributed by atoms with van der Waals surface area (Å²) in [6.07, 6.45) is 1.47. The Hall–Kier alpha value is -1.81. The van der Waals surface area contributed by atoms with Gasteiger partial charge >= 0.3 is 0 Å². The van der Waals surface area contributed by atoms with Gasteiger partial charge in [-0.25, -0.2) is 4.98 Å². The first-order valence-electron chi connectivity index (χ1n) is 4.54. The van der Waals surface area contributed by atoms with Gasteiger partial charge in [0.15, 0.2) is 0 Å². The van der Waals surface area contributed by atoms with Gasteiger partial charge in [-0.3, -0.25) is 0 Å². The Morgan fingerprint density at radius 2 is 2.13 bits per heavy atom. The molecule has 0 aliphatic carbocycles. The Morgan fingerprint density at radius 3 is 3.00 bits per heavy atom. The minimum atomic E-state index is 0.860. The standard InChI is InChI=1S/C11H7N3S/c1-2-9(8-4-5-15-6-8)11-10(3-1)12-7-13-14-11/h1-7H. The van der Waals surface area contributed by atoms with Gasteiger partial charge in [-0.05, 0) is 28.5 Å². The van der Waals surface area contributed by atoms with E-state index in [0.717, 1.165) is 16.6 Å². The van der Waals surface area contributed by atoms with Crippen LogP contribution in [0.2, 0.25) is 0 Å². The van der Waals surface area contributed by atoms with Crippen LogP contribution in [-0.4, -0.2) is 15.2 Å². The van der Waals surface area contributed by atoms with E-state index in [1.54, 1.807) is 11.3 Å². The van der Waals surface area contributed by atoms with Gasteiger partial charge < -0.3 is 0 Å². The Morgan fingerprint density at radius 1 is 1.13 bits per heavy atom. The molecule has 0 unspecified atom stereocenters. The summed E-state index contributed by atoms with van der Waals surface area (Å²) in [7, 11) is 0. The lowest BCUT2D eigenvalue weighted by molar-refractivity contribution is 1.02. The molecule has 2 aromatic heterocycles. The summed E-state index contributed by atoms with van der Waals surface area (Å²) in [5, 5.41) is 12.1. The van der Waals surface area contributed by atoms with Crippen molar-refractivity contribution in [3.05, 3.63) is 41.4 Å². The first-order chi connectivity index (χ1) is 7.45. The van der Waals surface area contributed by atoms with Crippen molar-refractivity contribution >= 4 is 22.4 Å². The maximum atomic E-state index is 4.18. The second kappa shape index (κ2) is 3.40. The number of fused-ring (bicyclic) bond motifs is 1. The largest absolute Gasteiger partial charge is 0.233 e. The molecule has 15 heavy (non-hydrogen) atoms. The molecule has 0 fully saturated rings. The molecule has 3 nitrogen and oxygen atoms in total. The number of hydrogen-bond acceptors (Lipinski definition) is 4. The van der Waals surface area contributed by atoms with Gasteiger partial charge in [-0.2, -0.15) is 11.3 Å². The highest BCUT2D eigenvalue weighted by Gasteiger charge is 2.05. The Balaban J connectivity index is 2.36. The van der Waals surface area contributed by atoms with E-state index >= 15 is 0 Å². The van der Waals surface area contributed by atoms with Crippen LogP contribution in [0, 0.1) is 0 Å². The van der Waals surface area contributed by atoms with Crippen LogP contribution < -0.4 is 0 Å². The summed E-state index contributed by atoms with van der Waals surface area (Å²) in [4.78, 5) is 4.18. The normalized spacial score (nSPS) is 10.7. The SMILES string of the molecule is c1cc(-c2ccsc2)c2nncnc2c1. The molecule has 0 aliphatic rings. The van der Waals surface area contributed by atoms with E-state index in [4.69, 9.17) is 0 Å². The molecule has 0 amide bonds. The van der Waals surface area contributed by atoms with Gasteiger partial charge in [0.2, 0.25) is 0 Å². The Labute approximate surface area is 90.4 Å². The van der Waals surface area contributed by atoms with Crippen molar-refractivity contribution in [1.82, 2.24) is 15.2 Å². The van der Waals surface area contributed by atoms with Crippen LogP contribution in [0.3, 0.4) is 0 Å². The van der Waals surface area contributed by atoms with Crippen LogP contribution in [0.1, 0.15) is 0 Å². The van der Waals surface area contributed by atoms with Gasteiger partial charge in [0, 0.05) is 5.56 Å². The lowest BCUT2D eigenvalue weighted by Gasteiger charge is -2.00. The zero-order valence-corrected chi connectivity index (χ0v) is 8.61. The first-order valence-corrected chi connectivity index (χ1v) is 5.48. The van der Waals surface area contributed by atoms with Crippen molar-refractivity contribution in [1.29, 1.82) is 0 Å². The van der Waals surface area contributed by atoms with Crippen molar-refractivity contribution in [2.45, 2.75) is 0 Å². The monoisotopic (exact) mass is 213 g/mol. The van der Waals surface area contributed by atoms with Crippen molar-refractivity contribution in [2.75, 3.05) is 0 Å². The average Bonchev–Trinajstić information content (AvgIpc) is 2.82. The van der Waals surface area contributed by atoms with E-state index in [0.29, 0.717) is 0 Å². The fourth-order valence-electron chi connectivity index (χ4n) is 1.56. The van der Waals surface area contributed by atoms with Gasteiger partial charge in [-0.15, -0.1) is 10.2 Å². The van der Waals surface area contributed by atoms with E-state index in [9.17, 15) is 0 Å². The Kier molecular flexibility index (Phi) is 1.93. The molecular weight excluding hydrogens is 206 g/mol. The molecule has 72 valence electrons. The highest BCUT2D eigenvalue weighted by Crippen LogP contribution is 2.27. The lowest BCUT2D eigenvalue weighted by atomic mass is 10.1. The Bertz CT molecular complexity index is 584. The van der Waals surface area contributed by atoms with Crippen molar-refractivity contribution in [3.63, 3.8) is 0 Å². The minimum Gasteiger partial charge on any atom is -0.233 e. The molecule has 2 heterocycles. The molecule has 3 aromatic rings. The average molecular weight is 213 g/mol. The summed E-state index contributed by atoms with van der Waals surface area (Å²) in [5.41, 5.74) is 4.01. The van der Waals surface area contributed by atoms with E-state index in [2.05, 4.69) is 32.0 Å². The van der Waals surface area contributed by atoms with E-state index in [-0.39, 0.29) is 0 Å². The fourth-order valence-corrected chi connectivity index (χ4v) is 2.22. The first kappa shape index (κ1) is 8.49. The number of rotatable bonds is 1. The third kappa shape index (κ3) is 1.39. The lowest BCUT2D eigenvalue weighted by Crippen LogP contribution is -1.88. The molecule has 1 aromatic carbocycles. The maximum absolute atomic E-state index is 4.18. The smallest absolute Gasteiger partial charge is 0.138 e. The predicted octanol–water partition coefficient (Wildman–Crippen LogP) is 2.75. The van der Waals surface area contributed by atoms with Gasteiger partial charge in [-0.1, -0.05) is 12.1 Å². The molecule has 0 saturated heterocycles. The second-order valence-corrected chi connectivity index (χ2v) is 3.93. The van der Waals surface area contributed by atoms with E-state index < -0.39 is 0 Å². The topological polar surface area (TPSA) is 38.7 Å². The fraction of sp³-hybridized carbons (Fsp3) is 0. The number of nitrogens with zero attached hydrogens (tertiary/aromatic N) is 3. The zero-order valence-electron chi connectivity index (χ0n) is 7.79. The molecule has 0 bridgehead atoms. The van der Waals surface area contributed by atoms with Crippen LogP contribution in [0.5, 0.6) is 0 Å². The summed E-state index contributed by atoms with van der Waals surface area (Å²) >= 11 is 1.67. The van der Waals surface area contributed by atoms with Crippen LogP contribution in [0.4, 0.5) is 0 Å². The van der Waals surface area contributed by atoms with E-state index in [1.165, 1.54) is 11.9 Å². The van der Waals surface area contributed by atoms with Crippen LogP contribution in [-0.2, 0) is 0 Å². The molecule has 0 radical (unpaired) electrons. The molecular formula is C11H7N3S. The summed E-state index contributed by atoms with van der Waals surface area (Å²) in [5.74, 6) is 0. The molecule has 0 atom stereocenters. The van der Waals surface area contributed by atoms with Crippen LogP contribution in [0.15, 0.2) is 41.4 Å². The molecule has 4 heteroatoms. The van der Waals surface area contributed by atoms with Crippen molar-refractivity contribution < 1.29 is 0 Å². The maximum Gasteiger partial charge on any atom is 0.138 e. The highest BCUT2D eigenvalue weighted by molar-refractivity contribution is 7.08. The van der Waals surface area contributed by atoms with Gasteiger partial charge in [0.05, 0.1) is 5.52 Å². The number of thiophene rings is 1. The van der Waals surface area contributed by atoms with E-state index in [1.807, 2.05) is 18.2 Å². The highest BCUT2D eigenvalue weighted by atomic mass is 32.1. The third-order valence-corrected chi connectivity index (χ3v) is 2.94. The van der Waals surface area contributed by atoms with Crippen LogP contribution in [0.25, 0.3) is 22.2 Å². The van der Waals surface area contributed by atoms with Crippen LogP contribution >= 0.6 is 11.3 Å². The zero-order chi connectivity index (χ0) is 10.1. The van der Waals surface area contributed by atoms with Crippen molar-refractivity contribution in [2.24, 2.45) is 0 Å². The third-order valence-electron chi connectivity index (χ3n) is 2.25. The predicted molar refractivity (Wildman–Crippen MR) is 60.6 cm³/mol. The molecule has 0 N–H and O–H groups in total. The minimum absolute atomic E-state index is 0.860. The quantitative estimate of drug-likeness (QED) is 0.624. The number of aromatic nitrogens is 3. The van der Waals surface area contributed by atoms with Gasteiger partial charge in [0.1, 0.15) is 11.8 Å². The number of benzene rings is 1.